The molecule has 2 aromatic heterocycles. The fourth-order valence-electron chi connectivity index (χ4n) is 5.25. The quantitative estimate of drug-likeness (QED) is 0.306. The van der Waals surface area contributed by atoms with Crippen LogP contribution in [0.5, 0.6) is 0 Å². The van der Waals surface area contributed by atoms with Gasteiger partial charge >= 0.3 is 0 Å². The maximum Gasteiger partial charge on any atom is 0.244 e. The Kier molecular flexibility index (Phi) is 10.1. The molecule has 4 rings (SSSR count). The molecule has 1 aromatic carbocycles. The van der Waals surface area contributed by atoms with Crippen molar-refractivity contribution in [2.24, 2.45) is 0 Å². The summed E-state index contributed by atoms with van der Waals surface area (Å²) in [5.41, 5.74) is 3.27. The number of nitrogens with zero attached hydrogens (tertiary/aromatic N) is 5. The molecule has 0 radical (unpaired) electrons. The lowest BCUT2D eigenvalue weighted by molar-refractivity contribution is -0.121. The van der Waals surface area contributed by atoms with Crippen molar-refractivity contribution >= 4 is 32.7 Å². The van der Waals surface area contributed by atoms with E-state index in [1.54, 1.807) is 12.4 Å². The standard InChI is InChI=1S/C29H42N6O3S/c1-4-7-9-10-16-33-17-18-35(39(37,38)19-8-5-2)27(22-33)29(36)31-24-13-14-26-25(20-24)32-28(34(26)6-3)23-12-11-15-30-21-23/h11-15,20-21,27H,4-10,16-19,22H2,1-3H3,(H,31,36)/t27-/m0/s1. The molecule has 3 aromatic rings. The Hall–Kier alpha value is -2.82. The molecule has 0 unspecified atom stereocenters. The predicted molar refractivity (Wildman–Crippen MR) is 157 cm³/mol. The monoisotopic (exact) mass is 554 g/mol. The number of hydrogen-bond acceptors (Lipinski definition) is 6. The Morgan fingerprint density at radius 2 is 1.87 bits per heavy atom. The lowest BCUT2D eigenvalue weighted by atomic mass is 10.1. The maximum absolute atomic E-state index is 13.6. The number of pyridine rings is 1. The summed E-state index contributed by atoms with van der Waals surface area (Å²) in [6.07, 6.45) is 9.46. The van der Waals surface area contributed by atoms with Crippen molar-refractivity contribution in [1.82, 2.24) is 23.7 Å². The Morgan fingerprint density at radius 3 is 2.59 bits per heavy atom. The lowest BCUT2D eigenvalue weighted by Crippen LogP contribution is -2.59. The molecular weight excluding hydrogens is 512 g/mol. The number of carbonyl (C=O) groups excluding carboxylic acids is 1. The van der Waals surface area contributed by atoms with Crippen LogP contribution in [0, 0.1) is 0 Å². The van der Waals surface area contributed by atoms with Crippen molar-refractivity contribution in [2.45, 2.75) is 71.9 Å². The number of carbonyl (C=O) groups is 1. The van der Waals surface area contributed by atoms with Gasteiger partial charge in [-0.05, 0) is 56.6 Å². The van der Waals surface area contributed by atoms with E-state index < -0.39 is 16.1 Å². The largest absolute Gasteiger partial charge is 0.325 e. The van der Waals surface area contributed by atoms with Gasteiger partial charge < -0.3 is 9.88 Å². The van der Waals surface area contributed by atoms with Crippen LogP contribution in [0.25, 0.3) is 22.4 Å². The number of aryl methyl sites for hydroxylation is 1. The average molecular weight is 555 g/mol. The third-order valence-electron chi connectivity index (χ3n) is 7.41. The van der Waals surface area contributed by atoms with Crippen molar-refractivity contribution < 1.29 is 13.2 Å². The Morgan fingerprint density at radius 1 is 1.05 bits per heavy atom. The van der Waals surface area contributed by atoms with Crippen LogP contribution in [0.4, 0.5) is 5.69 Å². The van der Waals surface area contributed by atoms with Crippen LogP contribution in [0.15, 0.2) is 42.7 Å². The minimum atomic E-state index is -3.53. The van der Waals surface area contributed by atoms with Gasteiger partial charge in [-0.1, -0.05) is 39.5 Å². The molecule has 1 amide bonds. The molecule has 1 aliphatic rings. The molecule has 0 bridgehead atoms. The number of fused-ring (bicyclic) bond motifs is 1. The number of anilines is 1. The van der Waals surface area contributed by atoms with E-state index in [9.17, 15) is 13.2 Å². The molecular formula is C29H42N6O3S. The highest BCUT2D eigenvalue weighted by Gasteiger charge is 2.39. The fourth-order valence-corrected chi connectivity index (χ4v) is 7.05. The number of rotatable bonds is 13. The highest BCUT2D eigenvalue weighted by atomic mass is 32.2. The van der Waals surface area contributed by atoms with Gasteiger partial charge in [-0.25, -0.2) is 13.4 Å². The molecule has 0 saturated carbocycles. The van der Waals surface area contributed by atoms with Gasteiger partial charge in [0.1, 0.15) is 11.9 Å². The minimum Gasteiger partial charge on any atom is -0.325 e. The zero-order valence-electron chi connectivity index (χ0n) is 23.5. The van der Waals surface area contributed by atoms with Crippen molar-refractivity contribution in [3.63, 3.8) is 0 Å². The summed E-state index contributed by atoms with van der Waals surface area (Å²) in [5, 5.41) is 3.01. The highest BCUT2D eigenvalue weighted by molar-refractivity contribution is 7.89. The van der Waals surface area contributed by atoms with E-state index in [2.05, 4.69) is 33.6 Å². The second-order valence-corrected chi connectivity index (χ2v) is 12.3. The molecule has 212 valence electrons. The topological polar surface area (TPSA) is 100 Å². The van der Waals surface area contributed by atoms with Gasteiger partial charge in [-0.15, -0.1) is 0 Å². The number of imidazole rings is 1. The normalized spacial score (nSPS) is 17.1. The van der Waals surface area contributed by atoms with E-state index in [0.29, 0.717) is 31.7 Å². The van der Waals surface area contributed by atoms with E-state index in [4.69, 9.17) is 4.98 Å². The zero-order chi connectivity index (χ0) is 27.8. The first-order valence-corrected chi connectivity index (χ1v) is 15.9. The van der Waals surface area contributed by atoms with Crippen molar-refractivity contribution in [3.05, 3.63) is 42.7 Å². The highest BCUT2D eigenvalue weighted by Crippen LogP contribution is 2.27. The van der Waals surface area contributed by atoms with Gasteiger partial charge in [-0.3, -0.25) is 14.7 Å². The van der Waals surface area contributed by atoms with E-state index >= 15 is 0 Å². The van der Waals surface area contributed by atoms with Gasteiger partial charge in [0.2, 0.25) is 15.9 Å². The fraction of sp³-hybridized carbons (Fsp3) is 0.552. The molecule has 3 heterocycles. The summed E-state index contributed by atoms with van der Waals surface area (Å²) in [5.74, 6) is 0.597. The summed E-state index contributed by atoms with van der Waals surface area (Å²) >= 11 is 0. The Bertz CT molecular complexity index is 1340. The smallest absolute Gasteiger partial charge is 0.244 e. The molecule has 1 saturated heterocycles. The summed E-state index contributed by atoms with van der Waals surface area (Å²) < 4.78 is 30.0. The van der Waals surface area contributed by atoms with Crippen LogP contribution < -0.4 is 5.32 Å². The van der Waals surface area contributed by atoms with Crippen LogP contribution in [0.2, 0.25) is 0 Å². The number of unbranched alkanes of at least 4 members (excludes halogenated alkanes) is 4. The lowest BCUT2D eigenvalue weighted by Gasteiger charge is -2.39. The molecule has 9 nitrogen and oxygen atoms in total. The second kappa shape index (κ2) is 13.5. The van der Waals surface area contributed by atoms with Crippen LogP contribution >= 0.6 is 0 Å². The van der Waals surface area contributed by atoms with E-state index in [1.165, 1.54) is 17.1 Å². The van der Waals surface area contributed by atoms with Crippen molar-refractivity contribution in [3.8, 4) is 11.4 Å². The van der Waals surface area contributed by atoms with Gasteiger partial charge in [0.15, 0.2) is 0 Å². The summed E-state index contributed by atoms with van der Waals surface area (Å²) in [6.45, 7) is 9.25. The van der Waals surface area contributed by atoms with Gasteiger partial charge in [0, 0.05) is 49.8 Å². The molecule has 0 aliphatic carbocycles. The zero-order valence-corrected chi connectivity index (χ0v) is 24.3. The number of sulfonamides is 1. The molecule has 1 atom stereocenters. The molecule has 0 spiro atoms. The number of nitrogens with one attached hydrogen (secondary N) is 1. The Balaban J connectivity index is 1.56. The molecule has 1 N–H and O–H groups in total. The van der Waals surface area contributed by atoms with Crippen LogP contribution in [-0.2, 0) is 21.4 Å². The number of hydrogen-bond donors (Lipinski definition) is 1. The van der Waals surface area contributed by atoms with Crippen molar-refractivity contribution in [2.75, 3.05) is 37.2 Å². The SMILES string of the molecule is CCCCCCN1CCN(S(=O)(=O)CCCC)[C@H](C(=O)Nc2ccc3c(c2)nc(-c2cccnc2)n3CC)C1. The number of benzene rings is 1. The van der Waals surface area contributed by atoms with Crippen LogP contribution in [0.1, 0.15) is 59.3 Å². The number of amides is 1. The summed E-state index contributed by atoms with van der Waals surface area (Å²) in [4.78, 5) is 24.9. The predicted octanol–water partition coefficient (Wildman–Crippen LogP) is 4.75. The summed E-state index contributed by atoms with van der Waals surface area (Å²) in [6, 6.07) is 8.79. The first-order chi connectivity index (χ1) is 18.9. The maximum atomic E-state index is 13.6. The molecule has 10 heteroatoms. The molecule has 39 heavy (non-hydrogen) atoms. The van der Waals surface area contributed by atoms with Gasteiger partial charge in [-0.2, -0.15) is 4.31 Å². The van der Waals surface area contributed by atoms with Gasteiger partial charge in [0.05, 0.1) is 16.8 Å². The average Bonchev–Trinajstić information content (AvgIpc) is 3.32. The minimum absolute atomic E-state index is 0.0707. The third-order valence-corrected chi connectivity index (χ3v) is 9.37. The summed E-state index contributed by atoms with van der Waals surface area (Å²) in [7, 11) is -3.53. The van der Waals surface area contributed by atoms with E-state index in [-0.39, 0.29) is 11.7 Å². The number of piperazine rings is 1. The van der Waals surface area contributed by atoms with E-state index in [1.807, 2.05) is 37.3 Å². The molecule has 1 fully saturated rings. The second-order valence-electron chi connectivity index (χ2n) is 10.3. The van der Waals surface area contributed by atoms with Crippen LogP contribution in [-0.4, -0.2) is 76.0 Å². The third kappa shape index (κ3) is 7.04. The Labute approximate surface area is 232 Å². The van der Waals surface area contributed by atoms with Gasteiger partial charge in [0.25, 0.3) is 0 Å². The van der Waals surface area contributed by atoms with Crippen molar-refractivity contribution in [1.29, 1.82) is 0 Å². The van der Waals surface area contributed by atoms with Crippen LogP contribution in [0.3, 0.4) is 0 Å². The first kappa shape index (κ1) is 29.2. The molecule has 1 aliphatic heterocycles. The number of aromatic nitrogens is 3. The first-order valence-electron chi connectivity index (χ1n) is 14.3. The van der Waals surface area contributed by atoms with E-state index in [0.717, 1.165) is 54.8 Å².